The van der Waals surface area contributed by atoms with E-state index in [1.807, 2.05) is 17.6 Å². The number of hydrogen-bond donors (Lipinski definition) is 2. The van der Waals surface area contributed by atoms with Crippen LogP contribution in [0, 0.1) is 12.7 Å². The number of fused-ring (bicyclic) bond motifs is 1. The maximum Gasteiger partial charge on any atom is 0.315 e. The molecular weight excluding hydrogens is 493 g/mol. The van der Waals surface area contributed by atoms with Gasteiger partial charge < -0.3 is 10.6 Å². The van der Waals surface area contributed by atoms with Gasteiger partial charge in [-0.1, -0.05) is 17.7 Å². The molecule has 0 aliphatic carbocycles. The van der Waals surface area contributed by atoms with Crippen molar-refractivity contribution in [1.29, 1.82) is 0 Å². The smallest absolute Gasteiger partial charge is 0.315 e. The van der Waals surface area contributed by atoms with Gasteiger partial charge in [0.1, 0.15) is 23.8 Å². The van der Waals surface area contributed by atoms with Crippen LogP contribution in [0.2, 0.25) is 5.02 Å². The first-order chi connectivity index (χ1) is 17.0. The van der Waals surface area contributed by atoms with Crippen molar-refractivity contribution in [1.82, 2.24) is 45.1 Å². The van der Waals surface area contributed by atoms with E-state index in [-0.39, 0.29) is 18.1 Å². The summed E-state index contributed by atoms with van der Waals surface area (Å²) in [5.41, 5.74) is 4.29. The number of halogens is 2. The lowest BCUT2D eigenvalue weighted by Gasteiger charge is -2.10. The molecule has 0 radical (unpaired) electrons. The molecular formula is C22H19ClFN9OS. The highest BCUT2D eigenvalue weighted by atomic mass is 35.5. The molecule has 13 heteroatoms. The molecule has 0 spiro atoms. The van der Waals surface area contributed by atoms with Crippen LogP contribution < -0.4 is 10.6 Å². The van der Waals surface area contributed by atoms with Crippen molar-refractivity contribution >= 4 is 39.2 Å². The largest absolute Gasteiger partial charge is 0.331 e. The lowest BCUT2D eigenvalue weighted by Crippen LogP contribution is -2.36. The van der Waals surface area contributed by atoms with E-state index in [0.29, 0.717) is 29.7 Å². The minimum Gasteiger partial charge on any atom is -0.331 e. The molecule has 0 aliphatic heterocycles. The van der Waals surface area contributed by atoms with Crippen molar-refractivity contribution in [3.8, 4) is 5.69 Å². The van der Waals surface area contributed by atoms with E-state index in [1.54, 1.807) is 29.0 Å². The average molecular weight is 512 g/mol. The molecule has 0 saturated heterocycles. The molecule has 5 rings (SSSR count). The number of rotatable bonds is 7. The van der Waals surface area contributed by atoms with E-state index in [9.17, 15) is 9.18 Å². The van der Waals surface area contributed by atoms with Gasteiger partial charge in [0.15, 0.2) is 5.82 Å². The Bertz CT molecular complexity index is 1510. The van der Waals surface area contributed by atoms with Gasteiger partial charge in [-0.25, -0.2) is 33.5 Å². The predicted octanol–water partition coefficient (Wildman–Crippen LogP) is 3.62. The maximum absolute atomic E-state index is 13.9. The Morgan fingerprint density at radius 3 is 2.77 bits per heavy atom. The van der Waals surface area contributed by atoms with Crippen LogP contribution in [-0.4, -0.2) is 40.5 Å². The highest BCUT2D eigenvalue weighted by molar-refractivity contribution is 7.16. The van der Waals surface area contributed by atoms with E-state index >= 15 is 0 Å². The zero-order chi connectivity index (χ0) is 24.4. The van der Waals surface area contributed by atoms with Crippen molar-refractivity contribution < 1.29 is 9.18 Å². The first-order valence-corrected chi connectivity index (χ1v) is 11.8. The van der Waals surface area contributed by atoms with Crippen molar-refractivity contribution in [2.75, 3.05) is 0 Å². The van der Waals surface area contributed by atoms with Crippen LogP contribution in [0.1, 0.15) is 23.0 Å². The summed E-state index contributed by atoms with van der Waals surface area (Å²) in [7, 11) is 0. The Morgan fingerprint density at radius 1 is 1.11 bits per heavy atom. The first-order valence-electron chi connectivity index (χ1n) is 10.5. The number of aromatic nitrogens is 7. The molecule has 2 amide bonds. The van der Waals surface area contributed by atoms with E-state index in [4.69, 9.17) is 11.6 Å². The van der Waals surface area contributed by atoms with Crippen LogP contribution in [0.25, 0.3) is 15.9 Å². The molecule has 0 aliphatic rings. The Balaban J connectivity index is 1.20. The molecule has 0 unspecified atom stereocenters. The zero-order valence-electron chi connectivity index (χ0n) is 18.4. The fourth-order valence-corrected chi connectivity index (χ4v) is 4.36. The van der Waals surface area contributed by atoms with Crippen molar-refractivity contribution in [2.45, 2.75) is 26.6 Å². The van der Waals surface area contributed by atoms with Crippen molar-refractivity contribution in [3.63, 3.8) is 0 Å². The van der Waals surface area contributed by atoms with Gasteiger partial charge in [0.05, 0.1) is 46.1 Å². The van der Waals surface area contributed by atoms with E-state index in [0.717, 1.165) is 15.8 Å². The second-order valence-corrected chi connectivity index (χ2v) is 8.90. The summed E-state index contributed by atoms with van der Waals surface area (Å²) >= 11 is 7.35. The number of amides is 2. The Hall–Kier alpha value is -3.90. The topological polar surface area (TPSA) is 115 Å². The number of benzene rings is 2. The molecule has 35 heavy (non-hydrogen) atoms. The number of hydrogen-bond acceptors (Lipinski definition) is 7. The van der Waals surface area contributed by atoms with E-state index < -0.39 is 11.8 Å². The number of carbonyl (C=O) groups is 1. The van der Waals surface area contributed by atoms with Gasteiger partial charge in [-0.2, -0.15) is 10.2 Å². The quantitative estimate of drug-likeness (QED) is 0.345. The molecule has 10 nitrogen and oxygen atoms in total. The molecule has 2 N–H and O–H groups in total. The molecule has 3 heterocycles. The third-order valence-electron chi connectivity index (χ3n) is 5.17. The summed E-state index contributed by atoms with van der Waals surface area (Å²) in [4.78, 5) is 25.3. The van der Waals surface area contributed by atoms with Crippen LogP contribution in [0.4, 0.5) is 9.18 Å². The number of aryl methyl sites for hydroxylation is 1. The first kappa shape index (κ1) is 22.9. The Morgan fingerprint density at radius 2 is 1.94 bits per heavy atom. The van der Waals surface area contributed by atoms with Crippen molar-refractivity contribution in [2.24, 2.45) is 0 Å². The predicted molar refractivity (Wildman–Crippen MR) is 129 cm³/mol. The van der Waals surface area contributed by atoms with Crippen LogP contribution in [0.5, 0.6) is 0 Å². The molecule has 0 saturated carbocycles. The fraction of sp³-hybridized carbons (Fsp3) is 0.182. The summed E-state index contributed by atoms with van der Waals surface area (Å²) in [5, 5.41) is 14.1. The lowest BCUT2D eigenvalue weighted by molar-refractivity contribution is 0.239. The molecule has 0 fully saturated rings. The minimum absolute atomic E-state index is 0.0153. The Kier molecular flexibility index (Phi) is 6.38. The van der Waals surface area contributed by atoms with Gasteiger partial charge in [0.2, 0.25) is 0 Å². The molecule has 5 aromatic rings. The average Bonchev–Trinajstić information content (AvgIpc) is 3.58. The standard InChI is InChI=1S/C22H19ClFN9OS/c1-13-30-21(33(31-13)15-3-4-16(23)17(24)7-15)9-26-22(34)25-8-20-27-11-29-32(20)10-14-2-5-18-19(6-14)35-12-28-18/h2-7,11-12H,8-10H2,1H3,(H2,25,26,34). The van der Waals surface area contributed by atoms with Crippen LogP contribution >= 0.6 is 22.9 Å². The molecule has 0 bridgehead atoms. The molecule has 2 aromatic carbocycles. The minimum atomic E-state index is -0.565. The zero-order valence-corrected chi connectivity index (χ0v) is 20.0. The van der Waals surface area contributed by atoms with Gasteiger partial charge in [0.25, 0.3) is 0 Å². The number of nitrogens with one attached hydrogen (secondary N) is 2. The summed E-state index contributed by atoms with van der Waals surface area (Å²) in [6.45, 7) is 2.50. The fourth-order valence-electron chi connectivity index (χ4n) is 3.51. The molecule has 178 valence electrons. The van der Waals surface area contributed by atoms with E-state index in [2.05, 4.69) is 41.8 Å². The SMILES string of the molecule is Cc1nc(CNC(=O)NCc2ncnn2Cc2ccc3ncsc3c2)n(-c2ccc(Cl)c(F)c2)n1. The summed E-state index contributed by atoms with van der Waals surface area (Å²) in [6.07, 6.45) is 1.46. The van der Waals surface area contributed by atoms with Crippen LogP contribution in [0.3, 0.4) is 0 Å². The maximum atomic E-state index is 13.9. The van der Waals surface area contributed by atoms with Gasteiger partial charge in [-0.15, -0.1) is 11.3 Å². The third-order valence-corrected chi connectivity index (χ3v) is 6.26. The van der Waals surface area contributed by atoms with Gasteiger partial charge in [-0.3, -0.25) is 0 Å². The second kappa shape index (κ2) is 9.76. The summed E-state index contributed by atoms with van der Waals surface area (Å²) in [6, 6.07) is 9.96. The molecule has 3 aromatic heterocycles. The van der Waals surface area contributed by atoms with E-state index in [1.165, 1.54) is 23.1 Å². The van der Waals surface area contributed by atoms with Crippen LogP contribution in [0.15, 0.2) is 48.2 Å². The number of nitrogens with zero attached hydrogens (tertiary/aromatic N) is 7. The normalized spacial score (nSPS) is 11.2. The number of carbonyl (C=O) groups excluding carboxylic acids is 1. The van der Waals surface area contributed by atoms with Gasteiger partial charge >= 0.3 is 6.03 Å². The van der Waals surface area contributed by atoms with Gasteiger partial charge in [0, 0.05) is 6.07 Å². The second-order valence-electron chi connectivity index (χ2n) is 7.61. The monoisotopic (exact) mass is 511 g/mol. The summed E-state index contributed by atoms with van der Waals surface area (Å²) in [5.74, 6) is 0.980. The third kappa shape index (κ3) is 5.12. The van der Waals surface area contributed by atoms with Crippen molar-refractivity contribution in [3.05, 3.63) is 82.1 Å². The van der Waals surface area contributed by atoms with Crippen LogP contribution in [-0.2, 0) is 19.6 Å². The Labute approximate surface area is 207 Å². The number of urea groups is 1. The highest BCUT2D eigenvalue weighted by Gasteiger charge is 2.13. The summed E-state index contributed by atoms with van der Waals surface area (Å²) < 4.78 is 18.2. The highest BCUT2D eigenvalue weighted by Crippen LogP contribution is 2.20. The number of thiazole rings is 1. The van der Waals surface area contributed by atoms with Gasteiger partial charge in [-0.05, 0) is 36.8 Å². The lowest BCUT2D eigenvalue weighted by atomic mass is 10.2. The molecule has 0 atom stereocenters.